The van der Waals surface area contributed by atoms with Crippen LogP contribution in [0.25, 0.3) is 0 Å². The summed E-state index contributed by atoms with van der Waals surface area (Å²) in [5.74, 6) is -0.564. The van der Waals surface area contributed by atoms with Crippen molar-refractivity contribution in [3.63, 3.8) is 0 Å². The van der Waals surface area contributed by atoms with E-state index < -0.39 is 10.2 Å². The lowest BCUT2D eigenvalue weighted by Gasteiger charge is -2.18. The molecular formula is C28H22ClN3O4S. The number of non-ortho nitro benzene ring substituents is 1. The zero-order valence-electron chi connectivity index (χ0n) is 19.7. The van der Waals surface area contributed by atoms with Crippen LogP contribution in [-0.4, -0.2) is 16.7 Å². The smallest absolute Gasteiger partial charge is 0.269 e. The second-order valence-corrected chi connectivity index (χ2v) is 9.68. The van der Waals surface area contributed by atoms with Crippen LogP contribution in [0.5, 0.6) is 0 Å². The van der Waals surface area contributed by atoms with Crippen LogP contribution in [0.3, 0.4) is 0 Å². The van der Waals surface area contributed by atoms with Gasteiger partial charge in [-0.3, -0.25) is 19.7 Å². The van der Waals surface area contributed by atoms with Crippen molar-refractivity contribution in [1.29, 1.82) is 0 Å². The molecular weight excluding hydrogens is 510 g/mol. The highest BCUT2D eigenvalue weighted by molar-refractivity contribution is 8.00. The maximum atomic E-state index is 13.3. The van der Waals surface area contributed by atoms with Crippen molar-refractivity contribution in [3.8, 4) is 0 Å². The average molecular weight is 532 g/mol. The molecule has 0 aromatic heterocycles. The van der Waals surface area contributed by atoms with Crippen LogP contribution >= 0.6 is 23.4 Å². The minimum atomic E-state index is -0.528. The Labute approximate surface area is 223 Å². The monoisotopic (exact) mass is 531 g/mol. The number of nitrogens with zero attached hydrogens (tertiary/aromatic N) is 1. The maximum absolute atomic E-state index is 13.3. The van der Waals surface area contributed by atoms with Crippen LogP contribution in [-0.2, 0) is 4.79 Å². The van der Waals surface area contributed by atoms with Crippen LogP contribution < -0.4 is 10.6 Å². The molecule has 2 amide bonds. The second kappa shape index (κ2) is 11.7. The fourth-order valence-electron chi connectivity index (χ4n) is 3.53. The topological polar surface area (TPSA) is 101 Å². The number of thioether (sulfide) groups is 1. The van der Waals surface area contributed by atoms with Gasteiger partial charge in [0.1, 0.15) is 5.25 Å². The number of benzene rings is 4. The summed E-state index contributed by atoms with van der Waals surface area (Å²) in [5, 5.41) is 16.6. The van der Waals surface area contributed by atoms with E-state index in [1.165, 1.54) is 36.0 Å². The molecule has 0 aliphatic heterocycles. The Balaban J connectivity index is 1.48. The van der Waals surface area contributed by atoms with Crippen molar-refractivity contribution in [2.24, 2.45) is 0 Å². The van der Waals surface area contributed by atoms with Crippen LogP contribution in [0, 0.1) is 17.0 Å². The fourth-order valence-corrected chi connectivity index (χ4v) is 4.73. The lowest BCUT2D eigenvalue weighted by atomic mass is 10.1. The lowest BCUT2D eigenvalue weighted by molar-refractivity contribution is -0.384. The normalized spacial score (nSPS) is 11.4. The molecule has 4 aromatic carbocycles. The third-order valence-electron chi connectivity index (χ3n) is 5.57. The van der Waals surface area contributed by atoms with Crippen LogP contribution in [0.15, 0.2) is 102 Å². The number of amides is 2. The molecule has 7 nitrogen and oxygen atoms in total. The molecule has 9 heteroatoms. The number of halogens is 1. The predicted octanol–water partition coefficient (Wildman–Crippen LogP) is 7.28. The van der Waals surface area contributed by atoms with Crippen molar-refractivity contribution in [3.05, 3.63) is 129 Å². The van der Waals surface area contributed by atoms with E-state index in [4.69, 9.17) is 11.6 Å². The summed E-state index contributed by atoms with van der Waals surface area (Å²) >= 11 is 7.61. The summed E-state index contributed by atoms with van der Waals surface area (Å²) in [6.07, 6.45) is 0. The molecule has 0 saturated heterocycles. The van der Waals surface area contributed by atoms with Crippen LogP contribution in [0.4, 0.5) is 17.1 Å². The minimum Gasteiger partial charge on any atom is -0.325 e. The summed E-state index contributed by atoms with van der Waals surface area (Å²) in [7, 11) is 0. The number of rotatable bonds is 8. The summed E-state index contributed by atoms with van der Waals surface area (Å²) < 4.78 is 0. The van der Waals surface area contributed by atoms with Gasteiger partial charge in [-0.1, -0.05) is 48.0 Å². The molecule has 37 heavy (non-hydrogen) atoms. The third kappa shape index (κ3) is 6.55. The SMILES string of the molecule is Cc1c(Cl)cccc1NC(=O)C(Sc1ccc(NC(=O)c2ccc([N+](=O)[O-])cc2)cc1)c1ccccc1. The zero-order chi connectivity index (χ0) is 26.4. The fraction of sp³-hybridized carbons (Fsp3) is 0.0714. The number of nitrogens with one attached hydrogen (secondary N) is 2. The average Bonchev–Trinajstić information content (AvgIpc) is 2.91. The molecule has 1 atom stereocenters. The van der Waals surface area contributed by atoms with Crippen molar-refractivity contribution >= 4 is 52.2 Å². The second-order valence-electron chi connectivity index (χ2n) is 8.09. The predicted molar refractivity (Wildman–Crippen MR) is 147 cm³/mol. The molecule has 0 fully saturated rings. The van der Waals surface area contributed by atoms with Gasteiger partial charge in [-0.05, 0) is 66.6 Å². The number of carbonyl (C=O) groups excluding carboxylic acids is 2. The molecule has 0 heterocycles. The maximum Gasteiger partial charge on any atom is 0.269 e. The Kier molecular flexibility index (Phi) is 8.22. The van der Waals surface area contributed by atoms with Gasteiger partial charge in [-0.25, -0.2) is 0 Å². The zero-order valence-corrected chi connectivity index (χ0v) is 21.3. The molecule has 2 N–H and O–H groups in total. The number of carbonyl (C=O) groups is 2. The Hall–Kier alpha value is -4.14. The molecule has 186 valence electrons. The third-order valence-corrected chi connectivity index (χ3v) is 7.25. The lowest BCUT2D eigenvalue weighted by Crippen LogP contribution is -2.19. The molecule has 0 bridgehead atoms. The Morgan fingerprint density at radius 3 is 2.19 bits per heavy atom. The first-order valence-electron chi connectivity index (χ1n) is 11.3. The van der Waals surface area contributed by atoms with E-state index >= 15 is 0 Å². The molecule has 4 rings (SSSR count). The van der Waals surface area contributed by atoms with Gasteiger partial charge in [0.15, 0.2) is 0 Å². The highest BCUT2D eigenvalue weighted by atomic mass is 35.5. The number of nitro benzene ring substituents is 1. The number of nitro groups is 1. The van der Waals surface area contributed by atoms with E-state index in [9.17, 15) is 19.7 Å². The highest BCUT2D eigenvalue weighted by Crippen LogP contribution is 2.37. The minimum absolute atomic E-state index is 0.0829. The van der Waals surface area contributed by atoms with Gasteiger partial charge >= 0.3 is 0 Å². The first-order chi connectivity index (χ1) is 17.8. The van der Waals surface area contributed by atoms with Gasteiger partial charge < -0.3 is 10.6 Å². The van der Waals surface area contributed by atoms with Crippen molar-refractivity contribution in [1.82, 2.24) is 0 Å². The molecule has 0 saturated carbocycles. The molecule has 0 aliphatic rings. The van der Waals surface area contributed by atoms with Crippen LogP contribution in [0.2, 0.25) is 5.02 Å². The summed E-state index contributed by atoms with van der Waals surface area (Å²) in [4.78, 5) is 37.0. The van der Waals surface area contributed by atoms with E-state index in [2.05, 4.69) is 10.6 Å². The van der Waals surface area contributed by atoms with Gasteiger partial charge in [0, 0.05) is 39.0 Å². The van der Waals surface area contributed by atoms with E-state index in [1.54, 1.807) is 24.3 Å². The van der Waals surface area contributed by atoms with Crippen molar-refractivity contribution in [2.75, 3.05) is 10.6 Å². The highest BCUT2D eigenvalue weighted by Gasteiger charge is 2.23. The number of anilines is 2. The summed E-state index contributed by atoms with van der Waals surface area (Å²) in [5.41, 5.74) is 3.08. The van der Waals surface area contributed by atoms with Gasteiger partial charge in [-0.15, -0.1) is 11.8 Å². The van der Waals surface area contributed by atoms with Gasteiger partial charge in [0.05, 0.1) is 4.92 Å². The number of hydrogen-bond donors (Lipinski definition) is 2. The quantitative estimate of drug-likeness (QED) is 0.141. The molecule has 0 radical (unpaired) electrons. The molecule has 0 aliphatic carbocycles. The van der Waals surface area contributed by atoms with Gasteiger partial charge in [0.25, 0.3) is 11.6 Å². The number of hydrogen-bond acceptors (Lipinski definition) is 5. The van der Waals surface area contributed by atoms with E-state index in [-0.39, 0.29) is 17.5 Å². The summed E-state index contributed by atoms with van der Waals surface area (Å²) in [6, 6.07) is 27.4. The van der Waals surface area contributed by atoms with E-state index in [0.717, 1.165) is 16.0 Å². The largest absolute Gasteiger partial charge is 0.325 e. The van der Waals surface area contributed by atoms with Gasteiger partial charge in [0.2, 0.25) is 5.91 Å². The molecule has 0 spiro atoms. The molecule has 4 aromatic rings. The first kappa shape index (κ1) is 25.9. The first-order valence-corrected chi connectivity index (χ1v) is 12.5. The van der Waals surface area contributed by atoms with Crippen molar-refractivity contribution in [2.45, 2.75) is 17.1 Å². The molecule has 1 unspecified atom stereocenters. The Morgan fingerprint density at radius 2 is 1.54 bits per heavy atom. The van der Waals surface area contributed by atoms with Crippen LogP contribution in [0.1, 0.15) is 26.7 Å². The van der Waals surface area contributed by atoms with Crippen molar-refractivity contribution < 1.29 is 14.5 Å². The Bertz CT molecular complexity index is 1430. The van der Waals surface area contributed by atoms with E-state index in [1.807, 2.05) is 55.5 Å². The summed E-state index contributed by atoms with van der Waals surface area (Å²) in [6.45, 7) is 1.85. The Morgan fingerprint density at radius 1 is 0.865 bits per heavy atom. The van der Waals surface area contributed by atoms with E-state index in [0.29, 0.717) is 22.0 Å². The van der Waals surface area contributed by atoms with Gasteiger partial charge in [-0.2, -0.15) is 0 Å². The standard InChI is InChI=1S/C28H22ClN3O4S/c1-18-24(29)8-5-9-25(18)31-28(34)26(19-6-3-2-4-7-19)37-23-16-12-21(13-17-23)30-27(33)20-10-14-22(15-11-20)32(35)36/h2-17,26H,1H3,(H,30,33)(H,31,34).